The number of amides is 1. The van der Waals surface area contributed by atoms with Gasteiger partial charge in [0.05, 0.1) is 18.4 Å². The number of hydrogen-bond acceptors (Lipinski definition) is 7. The molecule has 1 aliphatic heterocycles. The van der Waals surface area contributed by atoms with Crippen LogP contribution < -0.4 is 20.1 Å². The summed E-state index contributed by atoms with van der Waals surface area (Å²) in [6, 6.07) is 33.1. The van der Waals surface area contributed by atoms with E-state index in [1.165, 1.54) is 11.1 Å². The minimum absolute atomic E-state index is 0.260. The molecule has 2 heterocycles. The van der Waals surface area contributed by atoms with Crippen LogP contribution in [0.5, 0.6) is 11.5 Å². The van der Waals surface area contributed by atoms with Gasteiger partial charge in [-0.05, 0) is 54.8 Å². The second-order valence-corrected chi connectivity index (χ2v) is 11.4. The van der Waals surface area contributed by atoms with Crippen molar-refractivity contribution in [2.24, 2.45) is 0 Å². The van der Waals surface area contributed by atoms with E-state index in [0.29, 0.717) is 40.4 Å². The summed E-state index contributed by atoms with van der Waals surface area (Å²) in [6.07, 6.45) is 0. The minimum atomic E-state index is -0.523. The number of fused-ring (bicyclic) bond motifs is 1. The number of carbonyl (C=O) groups excluding carboxylic acids is 1. The minimum Gasteiger partial charge on any atom is -0.495 e. The second kappa shape index (κ2) is 13.1. The predicted molar refractivity (Wildman–Crippen MR) is 174 cm³/mol. The number of allylic oxidation sites excluding steroid dienone is 1. The first-order valence-corrected chi connectivity index (χ1v) is 15.3. The summed E-state index contributed by atoms with van der Waals surface area (Å²) in [5.41, 5.74) is 6.18. The molecular weight excluding hydrogens is 570 g/mol. The zero-order valence-electron chi connectivity index (χ0n) is 24.8. The van der Waals surface area contributed by atoms with E-state index in [1.807, 2.05) is 73.7 Å². The highest BCUT2D eigenvalue weighted by molar-refractivity contribution is 7.98. The molecule has 0 bridgehead atoms. The Kier molecular flexibility index (Phi) is 8.65. The van der Waals surface area contributed by atoms with Gasteiger partial charge in [-0.15, -0.1) is 5.10 Å². The topological polar surface area (TPSA) is 90.3 Å². The van der Waals surface area contributed by atoms with E-state index in [-0.39, 0.29) is 5.91 Å². The number of nitrogens with zero attached hydrogens (tertiary/aromatic N) is 3. The molecule has 0 saturated heterocycles. The first-order valence-electron chi connectivity index (χ1n) is 14.3. The largest absolute Gasteiger partial charge is 0.495 e. The molecule has 1 aromatic heterocycles. The highest BCUT2D eigenvalue weighted by Gasteiger charge is 2.34. The van der Waals surface area contributed by atoms with Crippen molar-refractivity contribution in [1.82, 2.24) is 14.8 Å². The van der Waals surface area contributed by atoms with Gasteiger partial charge in [0.15, 0.2) is 0 Å². The molecule has 0 radical (unpaired) electrons. The second-order valence-electron chi connectivity index (χ2n) is 10.5. The zero-order valence-corrected chi connectivity index (χ0v) is 25.6. The van der Waals surface area contributed by atoms with E-state index in [0.717, 1.165) is 22.6 Å². The smallest absolute Gasteiger partial charge is 0.255 e. The fourth-order valence-electron chi connectivity index (χ4n) is 5.05. The Bertz CT molecular complexity index is 1780. The lowest BCUT2D eigenvalue weighted by Gasteiger charge is -2.29. The van der Waals surface area contributed by atoms with Crippen LogP contribution in [0.25, 0.3) is 0 Å². The third-order valence-electron chi connectivity index (χ3n) is 7.37. The summed E-state index contributed by atoms with van der Waals surface area (Å²) in [5, 5.41) is 11.9. The number of rotatable bonds is 10. The van der Waals surface area contributed by atoms with Crippen molar-refractivity contribution in [3.05, 3.63) is 137 Å². The molecule has 2 N–H and O–H groups in total. The molecule has 1 unspecified atom stereocenters. The summed E-state index contributed by atoms with van der Waals surface area (Å²) in [4.78, 5) is 18.7. The molecule has 0 aliphatic carbocycles. The highest BCUT2D eigenvalue weighted by Crippen LogP contribution is 2.38. The van der Waals surface area contributed by atoms with Gasteiger partial charge in [0.25, 0.3) is 5.91 Å². The van der Waals surface area contributed by atoms with Crippen molar-refractivity contribution in [2.45, 2.75) is 37.4 Å². The quantitative estimate of drug-likeness (QED) is 0.161. The van der Waals surface area contributed by atoms with Gasteiger partial charge in [-0.2, -0.15) is 4.98 Å². The number of benzene rings is 4. The monoisotopic (exact) mass is 603 g/mol. The first-order chi connectivity index (χ1) is 21.5. The zero-order chi connectivity index (χ0) is 30.5. The van der Waals surface area contributed by atoms with Crippen LogP contribution in [0.2, 0.25) is 0 Å². The third kappa shape index (κ3) is 6.48. The van der Waals surface area contributed by atoms with E-state index >= 15 is 0 Å². The summed E-state index contributed by atoms with van der Waals surface area (Å²) in [5.74, 6) is 2.37. The van der Waals surface area contributed by atoms with E-state index < -0.39 is 6.04 Å². The van der Waals surface area contributed by atoms with Crippen LogP contribution in [-0.4, -0.2) is 27.8 Å². The van der Waals surface area contributed by atoms with Gasteiger partial charge in [-0.1, -0.05) is 96.2 Å². The van der Waals surface area contributed by atoms with Gasteiger partial charge in [0, 0.05) is 11.4 Å². The molecule has 9 heteroatoms. The number of anilines is 2. The number of hydrogen-bond donors (Lipinski definition) is 2. The summed E-state index contributed by atoms with van der Waals surface area (Å²) in [7, 11) is 1.58. The number of ether oxygens (including phenoxy) is 2. The highest BCUT2D eigenvalue weighted by atomic mass is 32.2. The molecule has 1 aliphatic rings. The summed E-state index contributed by atoms with van der Waals surface area (Å²) < 4.78 is 13.3. The van der Waals surface area contributed by atoms with Crippen molar-refractivity contribution in [1.29, 1.82) is 0 Å². The van der Waals surface area contributed by atoms with Crippen LogP contribution in [0.4, 0.5) is 11.6 Å². The summed E-state index contributed by atoms with van der Waals surface area (Å²) in [6.45, 7) is 4.42. The van der Waals surface area contributed by atoms with Crippen LogP contribution in [0.1, 0.15) is 35.2 Å². The number of nitrogens with one attached hydrogen (secondary N) is 2. The van der Waals surface area contributed by atoms with Gasteiger partial charge in [0.2, 0.25) is 11.1 Å². The maximum absolute atomic E-state index is 14.0. The molecule has 5 aromatic rings. The summed E-state index contributed by atoms with van der Waals surface area (Å²) >= 11 is 1.55. The standard InChI is InChI=1S/C35H33N5O3S/c1-23-13-15-25(16-14-23)21-43-28-19-17-27(18-20-28)32-31(33(41)37-29-11-7-8-12-30(29)42-3)24(2)36-34-38-35(39-40(32)34)44-22-26-9-5-4-6-10-26/h4-20,32H,21-22H2,1-3H3,(H,37,41)(H,36,38,39). The van der Waals surface area contributed by atoms with Crippen molar-refractivity contribution in [3.8, 4) is 11.5 Å². The molecule has 0 saturated carbocycles. The number of aromatic nitrogens is 3. The third-order valence-corrected chi connectivity index (χ3v) is 8.27. The van der Waals surface area contributed by atoms with Gasteiger partial charge in [-0.25, -0.2) is 4.68 Å². The van der Waals surface area contributed by atoms with E-state index in [4.69, 9.17) is 19.6 Å². The van der Waals surface area contributed by atoms with Crippen molar-refractivity contribution >= 4 is 29.3 Å². The molecule has 1 amide bonds. The molecule has 4 aromatic carbocycles. The maximum atomic E-state index is 14.0. The Balaban J connectivity index is 1.30. The van der Waals surface area contributed by atoms with Gasteiger partial charge >= 0.3 is 0 Å². The molecule has 1 atom stereocenters. The Morgan fingerprint density at radius 1 is 0.909 bits per heavy atom. The molecule has 44 heavy (non-hydrogen) atoms. The Morgan fingerprint density at radius 3 is 2.39 bits per heavy atom. The Morgan fingerprint density at radius 2 is 1.64 bits per heavy atom. The van der Waals surface area contributed by atoms with E-state index in [9.17, 15) is 4.79 Å². The van der Waals surface area contributed by atoms with E-state index in [2.05, 4.69) is 54.0 Å². The van der Waals surface area contributed by atoms with Crippen LogP contribution in [-0.2, 0) is 17.2 Å². The van der Waals surface area contributed by atoms with Gasteiger partial charge in [0.1, 0.15) is 24.1 Å². The molecule has 0 spiro atoms. The number of para-hydroxylation sites is 2. The molecule has 6 rings (SSSR count). The number of carbonyl (C=O) groups is 1. The maximum Gasteiger partial charge on any atom is 0.255 e. The van der Waals surface area contributed by atoms with Crippen molar-refractivity contribution < 1.29 is 14.3 Å². The Hall–Kier alpha value is -5.02. The van der Waals surface area contributed by atoms with Crippen LogP contribution in [0.15, 0.2) is 120 Å². The molecule has 222 valence electrons. The normalized spacial score (nSPS) is 14.0. The molecule has 8 nitrogen and oxygen atoms in total. The van der Waals surface area contributed by atoms with Crippen LogP contribution in [0.3, 0.4) is 0 Å². The number of thioether (sulfide) groups is 1. The SMILES string of the molecule is COc1ccccc1NC(=O)C1=C(C)Nc2nc(SCc3ccccc3)nn2C1c1ccc(OCc2ccc(C)cc2)cc1. The lowest BCUT2D eigenvalue weighted by atomic mass is 9.95. The van der Waals surface area contributed by atoms with Crippen LogP contribution in [0, 0.1) is 6.92 Å². The van der Waals surface area contributed by atoms with Gasteiger partial charge in [-0.3, -0.25) is 4.79 Å². The Labute approximate surface area is 261 Å². The fraction of sp³-hybridized carbons (Fsp3) is 0.171. The molecule has 0 fully saturated rings. The predicted octanol–water partition coefficient (Wildman–Crippen LogP) is 7.39. The first kappa shape index (κ1) is 29.1. The van der Waals surface area contributed by atoms with Crippen LogP contribution >= 0.6 is 11.8 Å². The molecular formula is C35H33N5O3S. The van der Waals surface area contributed by atoms with E-state index in [1.54, 1.807) is 23.6 Å². The number of methoxy groups -OCH3 is 1. The van der Waals surface area contributed by atoms with Crippen molar-refractivity contribution in [3.63, 3.8) is 0 Å². The number of aryl methyl sites for hydroxylation is 1. The average Bonchev–Trinajstić information content (AvgIpc) is 3.46. The lowest BCUT2D eigenvalue weighted by molar-refractivity contribution is -0.113. The van der Waals surface area contributed by atoms with Gasteiger partial charge < -0.3 is 20.1 Å². The lowest BCUT2D eigenvalue weighted by Crippen LogP contribution is -2.31. The fourth-order valence-corrected chi connectivity index (χ4v) is 5.84. The van der Waals surface area contributed by atoms with Crippen molar-refractivity contribution in [2.75, 3.05) is 17.7 Å². The average molecular weight is 604 g/mol.